The Labute approximate surface area is 246 Å². The van der Waals surface area contributed by atoms with Crippen LogP contribution in [0.1, 0.15) is 56.5 Å². The molecule has 2 aromatic carbocycles. The number of aromatic nitrogens is 6. The fourth-order valence-electron chi connectivity index (χ4n) is 5.25. The fraction of sp³-hybridized carbons (Fsp3) is 0.367. The molecule has 1 aliphatic rings. The van der Waals surface area contributed by atoms with Crippen molar-refractivity contribution in [2.24, 2.45) is 12.5 Å². The van der Waals surface area contributed by atoms with Gasteiger partial charge in [-0.05, 0) is 30.4 Å². The number of hydrogen-bond donors (Lipinski definition) is 2. The molecule has 0 aliphatic heterocycles. The van der Waals surface area contributed by atoms with E-state index < -0.39 is 18.0 Å². The molecule has 3 aromatic heterocycles. The lowest BCUT2D eigenvalue weighted by molar-refractivity contribution is 0.0593. The van der Waals surface area contributed by atoms with Crippen LogP contribution in [-0.4, -0.2) is 42.7 Å². The van der Waals surface area contributed by atoms with Gasteiger partial charge in [-0.2, -0.15) is 10.4 Å². The van der Waals surface area contributed by atoms with E-state index in [1.165, 1.54) is 10.9 Å². The molecule has 5 aromatic rings. The summed E-state index contributed by atoms with van der Waals surface area (Å²) in [5.74, 6) is 0. The van der Waals surface area contributed by atoms with Crippen LogP contribution in [0.5, 0.6) is 0 Å². The number of nitrogens with zero attached hydrogens (tertiary/aromatic N) is 7. The molecule has 0 saturated heterocycles. The minimum atomic E-state index is -2.54. The number of hydrogen-bond acceptors (Lipinski definition) is 7. The van der Waals surface area contributed by atoms with E-state index in [4.69, 9.17) is 11.6 Å². The van der Waals surface area contributed by atoms with Gasteiger partial charge < -0.3 is 10.6 Å². The zero-order valence-electron chi connectivity index (χ0n) is 23.7. The zero-order chi connectivity index (χ0) is 29.8. The van der Waals surface area contributed by atoms with Gasteiger partial charge in [0.15, 0.2) is 0 Å². The first-order valence-corrected chi connectivity index (χ1v) is 14.0. The molecule has 42 heavy (non-hydrogen) atoms. The molecule has 1 unspecified atom stereocenters. The lowest BCUT2D eigenvalue weighted by Gasteiger charge is -2.23. The van der Waals surface area contributed by atoms with Crippen LogP contribution in [0.4, 0.5) is 20.2 Å². The molecule has 1 saturated carbocycles. The molecule has 2 N–H and O–H groups in total. The summed E-state index contributed by atoms with van der Waals surface area (Å²) >= 11 is 6.76. The molecule has 12 heteroatoms. The Balaban J connectivity index is 1.49. The number of rotatable bonds is 8. The van der Waals surface area contributed by atoms with Crippen molar-refractivity contribution in [3.05, 3.63) is 70.8 Å². The molecule has 0 radical (unpaired) electrons. The first-order chi connectivity index (χ1) is 20.0. The van der Waals surface area contributed by atoms with Gasteiger partial charge in [0.05, 0.1) is 45.7 Å². The first-order valence-electron chi connectivity index (χ1n) is 13.6. The summed E-state index contributed by atoms with van der Waals surface area (Å²) < 4.78 is 30.9. The zero-order valence-corrected chi connectivity index (χ0v) is 24.4. The van der Waals surface area contributed by atoms with Crippen molar-refractivity contribution in [2.45, 2.75) is 51.6 Å². The van der Waals surface area contributed by atoms with Crippen molar-refractivity contribution in [1.82, 2.24) is 29.8 Å². The van der Waals surface area contributed by atoms with E-state index in [2.05, 4.69) is 57.9 Å². The molecule has 0 amide bonds. The summed E-state index contributed by atoms with van der Waals surface area (Å²) in [5.41, 5.74) is 3.07. The minimum absolute atomic E-state index is 0.0438. The Morgan fingerprint density at radius 3 is 2.67 bits per heavy atom. The lowest BCUT2D eigenvalue weighted by Crippen LogP contribution is -2.26. The van der Waals surface area contributed by atoms with Gasteiger partial charge in [-0.3, -0.25) is 9.67 Å². The van der Waals surface area contributed by atoms with E-state index in [1.54, 1.807) is 23.1 Å². The number of pyridine rings is 1. The molecule has 216 valence electrons. The van der Waals surface area contributed by atoms with Crippen LogP contribution in [-0.2, 0) is 12.6 Å². The Morgan fingerprint density at radius 1 is 1.19 bits per heavy atom. The first kappa shape index (κ1) is 27.8. The molecule has 9 nitrogen and oxygen atoms in total. The standard InChI is InChI=1S/C30H30ClF2N9/c1-29(2,3)16-36-24-18(12-34)13-35-25-21(24)10-19(11-22(25)31)38-26(20-7-5-6-17-14-37-41(4)27(17)20)23-15-42(40-39-23)30(8-9-30)28(32)33/h5-7,10-11,13-15,26,28,38H,8-9,16H2,1-4H3,(H,35,36). The summed E-state index contributed by atoms with van der Waals surface area (Å²) in [7, 11) is 1.85. The van der Waals surface area contributed by atoms with Crippen LogP contribution in [0.25, 0.3) is 21.8 Å². The smallest absolute Gasteiger partial charge is 0.263 e. The Hall–Kier alpha value is -4.30. The van der Waals surface area contributed by atoms with Gasteiger partial charge in [0.25, 0.3) is 6.43 Å². The Bertz CT molecular complexity index is 1840. The molecule has 0 bridgehead atoms. The number of anilines is 2. The highest BCUT2D eigenvalue weighted by Gasteiger charge is 2.54. The maximum absolute atomic E-state index is 13.9. The second kappa shape index (κ2) is 10.2. The van der Waals surface area contributed by atoms with E-state index in [0.29, 0.717) is 57.9 Å². The summed E-state index contributed by atoms with van der Waals surface area (Å²) in [6.45, 7) is 6.93. The van der Waals surface area contributed by atoms with E-state index in [1.807, 2.05) is 31.3 Å². The van der Waals surface area contributed by atoms with Crippen molar-refractivity contribution < 1.29 is 8.78 Å². The highest BCUT2D eigenvalue weighted by molar-refractivity contribution is 6.35. The molecule has 1 atom stereocenters. The lowest BCUT2D eigenvalue weighted by atomic mass is 9.96. The normalized spacial score (nSPS) is 15.2. The maximum atomic E-state index is 13.9. The average Bonchev–Trinajstić information content (AvgIpc) is 3.47. The highest BCUT2D eigenvalue weighted by Crippen LogP contribution is 2.48. The number of benzene rings is 2. The van der Waals surface area contributed by atoms with Gasteiger partial charge in [-0.15, -0.1) is 5.10 Å². The molecule has 6 rings (SSSR count). The van der Waals surface area contributed by atoms with E-state index >= 15 is 0 Å². The number of nitrogens with one attached hydrogen (secondary N) is 2. The summed E-state index contributed by atoms with van der Waals surface area (Å²) in [6, 6.07) is 11.1. The Kier molecular flexibility index (Phi) is 6.77. The van der Waals surface area contributed by atoms with Gasteiger partial charge in [0.1, 0.15) is 17.3 Å². The second-order valence-corrected chi connectivity index (χ2v) is 12.5. The summed E-state index contributed by atoms with van der Waals surface area (Å²) in [6.07, 6.45) is 3.05. The number of para-hydroxylation sites is 1. The summed E-state index contributed by atoms with van der Waals surface area (Å²) in [5, 5.41) is 31.8. The van der Waals surface area contributed by atoms with Crippen LogP contribution in [0, 0.1) is 16.7 Å². The number of halogens is 3. The number of alkyl halides is 2. The van der Waals surface area contributed by atoms with Gasteiger partial charge in [0, 0.05) is 41.8 Å². The average molecular weight is 590 g/mol. The molecular weight excluding hydrogens is 560 g/mol. The Morgan fingerprint density at radius 2 is 1.98 bits per heavy atom. The SMILES string of the molecule is Cn1ncc2cccc(C(Nc3cc(Cl)c4ncc(C#N)c(NCC(C)(C)C)c4c3)c3cn(C4(C(F)F)CC4)nn3)c21. The van der Waals surface area contributed by atoms with Gasteiger partial charge in [-0.1, -0.05) is 55.8 Å². The molecular formula is C30H30ClF2N9. The van der Waals surface area contributed by atoms with Crippen LogP contribution in [0.15, 0.2) is 48.9 Å². The summed E-state index contributed by atoms with van der Waals surface area (Å²) in [4.78, 5) is 4.46. The topological polar surface area (TPSA) is 109 Å². The van der Waals surface area contributed by atoms with Crippen LogP contribution in [0.2, 0.25) is 5.02 Å². The molecule has 1 aliphatic carbocycles. The van der Waals surface area contributed by atoms with Crippen molar-refractivity contribution in [3.63, 3.8) is 0 Å². The second-order valence-electron chi connectivity index (χ2n) is 12.0. The maximum Gasteiger partial charge on any atom is 0.263 e. The fourth-order valence-corrected chi connectivity index (χ4v) is 5.52. The third-order valence-electron chi connectivity index (χ3n) is 7.69. The van der Waals surface area contributed by atoms with Crippen molar-refractivity contribution >= 4 is 44.8 Å². The highest BCUT2D eigenvalue weighted by atomic mass is 35.5. The predicted molar refractivity (Wildman–Crippen MR) is 159 cm³/mol. The van der Waals surface area contributed by atoms with E-state index in [-0.39, 0.29) is 5.41 Å². The van der Waals surface area contributed by atoms with Gasteiger partial charge in [0.2, 0.25) is 0 Å². The van der Waals surface area contributed by atoms with Gasteiger partial charge >= 0.3 is 0 Å². The largest absolute Gasteiger partial charge is 0.383 e. The van der Waals surface area contributed by atoms with Crippen LogP contribution >= 0.6 is 11.6 Å². The molecule has 1 fully saturated rings. The number of fused-ring (bicyclic) bond motifs is 2. The van der Waals surface area contributed by atoms with Crippen molar-refractivity contribution in [1.29, 1.82) is 5.26 Å². The van der Waals surface area contributed by atoms with E-state index in [0.717, 1.165) is 16.5 Å². The van der Waals surface area contributed by atoms with Crippen LogP contribution < -0.4 is 10.6 Å². The monoisotopic (exact) mass is 589 g/mol. The van der Waals surface area contributed by atoms with Crippen molar-refractivity contribution in [3.8, 4) is 6.07 Å². The third-order valence-corrected chi connectivity index (χ3v) is 7.97. The van der Waals surface area contributed by atoms with Gasteiger partial charge in [-0.25, -0.2) is 13.5 Å². The van der Waals surface area contributed by atoms with Crippen molar-refractivity contribution in [2.75, 3.05) is 17.2 Å². The minimum Gasteiger partial charge on any atom is -0.383 e. The van der Waals surface area contributed by atoms with E-state index in [9.17, 15) is 14.0 Å². The third kappa shape index (κ3) is 4.90. The molecule has 3 heterocycles. The number of aryl methyl sites for hydroxylation is 1. The molecule has 0 spiro atoms. The van der Waals surface area contributed by atoms with Crippen LogP contribution in [0.3, 0.4) is 0 Å². The predicted octanol–water partition coefficient (Wildman–Crippen LogP) is 6.65. The quantitative estimate of drug-likeness (QED) is 0.208. The number of nitriles is 1.